The molecular weight excluding hydrogens is 254 g/mol. The van der Waals surface area contributed by atoms with Crippen molar-refractivity contribution in [1.29, 1.82) is 0 Å². The van der Waals surface area contributed by atoms with E-state index in [0.29, 0.717) is 22.7 Å². The Morgan fingerprint density at radius 1 is 1.33 bits per heavy atom. The number of anilines is 1. The quantitative estimate of drug-likeness (QED) is 0.886. The summed E-state index contributed by atoms with van der Waals surface area (Å²) in [5, 5.41) is 0. The Morgan fingerprint density at radius 3 is 2.72 bits per heavy atom. The van der Waals surface area contributed by atoms with Crippen LogP contribution < -0.4 is 9.44 Å². The van der Waals surface area contributed by atoms with Gasteiger partial charge in [-0.1, -0.05) is 6.07 Å². The summed E-state index contributed by atoms with van der Waals surface area (Å²) in [6.45, 7) is 5.21. The Bertz CT molecular complexity index is 661. The number of hydrogen-bond acceptors (Lipinski definition) is 4. The molecule has 0 amide bonds. The van der Waals surface area contributed by atoms with Gasteiger partial charge in [-0.25, -0.2) is 4.98 Å². The van der Waals surface area contributed by atoms with E-state index in [2.05, 4.69) is 14.4 Å². The molecule has 0 unspecified atom stereocenters. The minimum absolute atomic E-state index is 0.182. The zero-order valence-electron chi connectivity index (χ0n) is 10.4. The standard InChI is InChI=1S/C11H15N3O3S/c1-7(2)13-18(15,16)14-10-6-4-5-9-11(10)17-8(3)12-9/h4-7,13-14H,1-3H3. The number of para-hydroxylation sites is 1. The highest BCUT2D eigenvalue weighted by Crippen LogP contribution is 2.24. The van der Waals surface area contributed by atoms with E-state index >= 15 is 0 Å². The maximum absolute atomic E-state index is 11.8. The predicted octanol–water partition coefficient (Wildman–Crippen LogP) is 1.79. The Kier molecular flexibility index (Phi) is 3.27. The number of nitrogens with zero attached hydrogens (tertiary/aromatic N) is 1. The SMILES string of the molecule is Cc1nc2cccc(NS(=O)(=O)NC(C)C)c2o1. The number of aromatic nitrogens is 1. The first-order chi connectivity index (χ1) is 8.37. The van der Waals surface area contributed by atoms with Gasteiger partial charge in [0.1, 0.15) is 5.52 Å². The predicted molar refractivity (Wildman–Crippen MR) is 69.6 cm³/mol. The lowest BCUT2D eigenvalue weighted by Crippen LogP contribution is -2.35. The summed E-state index contributed by atoms with van der Waals surface area (Å²) in [6, 6.07) is 4.93. The van der Waals surface area contributed by atoms with Crippen molar-refractivity contribution >= 4 is 27.0 Å². The Labute approximate surface area is 106 Å². The molecule has 1 heterocycles. The highest BCUT2D eigenvalue weighted by atomic mass is 32.2. The highest BCUT2D eigenvalue weighted by Gasteiger charge is 2.15. The van der Waals surface area contributed by atoms with Gasteiger partial charge in [0.05, 0.1) is 5.69 Å². The lowest BCUT2D eigenvalue weighted by atomic mass is 10.3. The van der Waals surface area contributed by atoms with Gasteiger partial charge in [0, 0.05) is 13.0 Å². The average Bonchev–Trinajstić information content (AvgIpc) is 2.56. The molecule has 0 aliphatic carbocycles. The maximum atomic E-state index is 11.8. The second-order valence-corrected chi connectivity index (χ2v) is 5.71. The molecule has 2 rings (SSSR count). The van der Waals surface area contributed by atoms with Crippen molar-refractivity contribution < 1.29 is 12.8 Å². The maximum Gasteiger partial charge on any atom is 0.299 e. The fourth-order valence-corrected chi connectivity index (χ4v) is 2.75. The first-order valence-electron chi connectivity index (χ1n) is 5.53. The number of aryl methyl sites for hydroxylation is 1. The Balaban J connectivity index is 2.37. The Morgan fingerprint density at radius 2 is 2.06 bits per heavy atom. The molecule has 0 radical (unpaired) electrons. The van der Waals surface area contributed by atoms with E-state index in [1.807, 2.05) is 0 Å². The van der Waals surface area contributed by atoms with E-state index in [9.17, 15) is 8.42 Å². The smallest absolute Gasteiger partial charge is 0.299 e. The van der Waals surface area contributed by atoms with Gasteiger partial charge in [0.15, 0.2) is 11.5 Å². The molecule has 0 aliphatic heterocycles. The molecule has 18 heavy (non-hydrogen) atoms. The van der Waals surface area contributed by atoms with Crippen molar-refractivity contribution in [1.82, 2.24) is 9.71 Å². The molecule has 98 valence electrons. The van der Waals surface area contributed by atoms with E-state index in [-0.39, 0.29) is 6.04 Å². The monoisotopic (exact) mass is 269 g/mol. The topological polar surface area (TPSA) is 84.2 Å². The lowest BCUT2D eigenvalue weighted by Gasteiger charge is -2.11. The third kappa shape index (κ3) is 2.80. The average molecular weight is 269 g/mol. The number of oxazole rings is 1. The summed E-state index contributed by atoms with van der Waals surface area (Å²) < 4.78 is 33.8. The van der Waals surface area contributed by atoms with Crippen molar-refractivity contribution in [2.24, 2.45) is 0 Å². The number of fused-ring (bicyclic) bond motifs is 1. The van der Waals surface area contributed by atoms with Gasteiger partial charge in [-0.05, 0) is 26.0 Å². The summed E-state index contributed by atoms with van der Waals surface area (Å²) in [6.07, 6.45) is 0. The number of rotatable bonds is 4. The molecule has 0 saturated heterocycles. The highest BCUT2D eigenvalue weighted by molar-refractivity contribution is 7.90. The molecule has 1 aromatic carbocycles. The lowest BCUT2D eigenvalue weighted by molar-refractivity contribution is 0.560. The van der Waals surface area contributed by atoms with Crippen LogP contribution in [0.15, 0.2) is 22.6 Å². The molecule has 0 fully saturated rings. The largest absolute Gasteiger partial charge is 0.439 e. The van der Waals surface area contributed by atoms with Crippen LogP contribution in [0.4, 0.5) is 5.69 Å². The minimum atomic E-state index is -3.60. The molecule has 0 saturated carbocycles. The van der Waals surface area contributed by atoms with Crippen molar-refractivity contribution in [3.05, 3.63) is 24.1 Å². The van der Waals surface area contributed by atoms with Crippen LogP contribution in [0.1, 0.15) is 19.7 Å². The van der Waals surface area contributed by atoms with Crippen LogP contribution in [0.25, 0.3) is 11.1 Å². The normalized spacial score (nSPS) is 12.2. The van der Waals surface area contributed by atoms with Crippen LogP contribution >= 0.6 is 0 Å². The van der Waals surface area contributed by atoms with Crippen molar-refractivity contribution in [3.8, 4) is 0 Å². The Hall–Kier alpha value is -1.60. The number of benzene rings is 1. The van der Waals surface area contributed by atoms with Crippen LogP contribution in [-0.4, -0.2) is 19.4 Å². The molecular formula is C11H15N3O3S. The number of nitrogens with one attached hydrogen (secondary N) is 2. The fourth-order valence-electron chi connectivity index (χ4n) is 1.63. The molecule has 6 nitrogen and oxygen atoms in total. The summed E-state index contributed by atoms with van der Waals surface area (Å²) in [4.78, 5) is 4.14. The molecule has 0 atom stereocenters. The zero-order chi connectivity index (χ0) is 13.3. The summed E-state index contributed by atoms with van der Waals surface area (Å²) in [7, 11) is -3.60. The van der Waals surface area contributed by atoms with E-state index in [1.54, 1.807) is 39.0 Å². The third-order valence-electron chi connectivity index (χ3n) is 2.16. The molecule has 2 aromatic rings. The van der Waals surface area contributed by atoms with Gasteiger partial charge >= 0.3 is 0 Å². The summed E-state index contributed by atoms with van der Waals surface area (Å²) in [5.41, 5.74) is 1.43. The van der Waals surface area contributed by atoms with Gasteiger partial charge in [-0.3, -0.25) is 4.72 Å². The van der Waals surface area contributed by atoms with Gasteiger partial charge < -0.3 is 4.42 Å². The van der Waals surface area contributed by atoms with Crippen LogP contribution in [0.5, 0.6) is 0 Å². The second kappa shape index (κ2) is 4.58. The van der Waals surface area contributed by atoms with Crippen LogP contribution in [0.2, 0.25) is 0 Å². The van der Waals surface area contributed by atoms with Crippen LogP contribution in [0.3, 0.4) is 0 Å². The molecule has 0 bridgehead atoms. The van der Waals surface area contributed by atoms with E-state index in [0.717, 1.165) is 0 Å². The number of hydrogen-bond donors (Lipinski definition) is 2. The van der Waals surface area contributed by atoms with E-state index < -0.39 is 10.2 Å². The molecule has 7 heteroatoms. The fraction of sp³-hybridized carbons (Fsp3) is 0.364. The van der Waals surface area contributed by atoms with E-state index in [4.69, 9.17) is 4.42 Å². The van der Waals surface area contributed by atoms with Gasteiger partial charge in [-0.2, -0.15) is 13.1 Å². The van der Waals surface area contributed by atoms with Crippen molar-refractivity contribution in [3.63, 3.8) is 0 Å². The third-order valence-corrected chi connectivity index (χ3v) is 3.43. The van der Waals surface area contributed by atoms with Gasteiger partial charge in [0.2, 0.25) is 0 Å². The second-order valence-electron chi connectivity index (χ2n) is 4.26. The minimum Gasteiger partial charge on any atom is -0.439 e. The first-order valence-corrected chi connectivity index (χ1v) is 7.02. The molecule has 1 aromatic heterocycles. The summed E-state index contributed by atoms with van der Waals surface area (Å²) in [5.74, 6) is 0.494. The first kappa shape index (κ1) is 12.8. The van der Waals surface area contributed by atoms with Crippen LogP contribution in [0, 0.1) is 6.92 Å². The van der Waals surface area contributed by atoms with E-state index in [1.165, 1.54) is 0 Å². The molecule has 2 N–H and O–H groups in total. The van der Waals surface area contributed by atoms with Crippen molar-refractivity contribution in [2.45, 2.75) is 26.8 Å². The molecule has 0 spiro atoms. The summed E-state index contributed by atoms with van der Waals surface area (Å²) >= 11 is 0. The van der Waals surface area contributed by atoms with Gasteiger partial charge in [-0.15, -0.1) is 0 Å². The zero-order valence-corrected chi connectivity index (χ0v) is 11.2. The van der Waals surface area contributed by atoms with Crippen LogP contribution in [-0.2, 0) is 10.2 Å². The van der Waals surface area contributed by atoms with Gasteiger partial charge in [0.25, 0.3) is 10.2 Å². The molecule has 0 aliphatic rings. The van der Waals surface area contributed by atoms with Crippen molar-refractivity contribution in [2.75, 3.05) is 4.72 Å².